The van der Waals surface area contributed by atoms with Crippen molar-refractivity contribution in [1.29, 1.82) is 0 Å². The second-order valence-electron chi connectivity index (χ2n) is 1.92. The minimum Gasteiger partial charge on any atom is -0.358 e. The first kappa shape index (κ1) is 7.94. The van der Waals surface area contributed by atoms with Gasteiger partial charge in [0.05, 0.1) is 5.88 Å². The molecule has 4 nitrogen and oxygen atoms in total. The molecule has 0 aromatic carbocycles. The van der Waals surface area contributed by atoms with Crippen LogP contribution in [0.3, 0.4) is 0 Å². The fourth-order valence-electron chi connectivity index (χ4n) is 0.604. The second-order valence-corrected chi connectivity index (χ2v) is 2.18. The molecule has 0 atom stereocenters. The van der Waals surface area contributed by atoms with Crippen LogP contribution in [0.4, 0.5) is 5.82 Å². The summed E-state index contributed by atoms with van der Waals surface area (Å²) in [5.74, 6) is 0.171. The maximum absolute atomic E-state index is 10.1. The maximum atomic E-state index is 10.1. The van der Waals surface area contributed by atoms with Crippen LogP contribution in [-0.4, -0.2) is 9.91 Å². The molecule has 0 radical (unpaired) electrons. The highest BCUT2D eigenvalue weighted by Gasteiger charge is 2.04. The van der Waals surface area contributed by atoms with Crippen molar-refractivity contribution in [2.24, 2.45) is 0 Å². The monoisotopic (exact) mass is 172 g/mol. The van der Waals surface area contributed by atoms with Crippen molar-refractivity contribution < 1.29 is 4.92 Å². The van der Waals surface area contributed by atoms with E-state index >= 15 is 0 Å². The topological polar surface area (TPSA) is 56.0 Å². The Kier molecular flexibility index (Phi) is 2.38. The quantitative estimate of drug-likeness (QED) is 0.388. The Hall–Kier alpha value is -1.16. The van der Waals surface area contributed by atoms with Crippen LogP contribution in [0, 0.1) is 10.1 Å². The molecule has 0 saturated heterocycles. The van der Waals surface area contributed by atoms with Crippen molar-refractivity contribution in [3.63, 3.8) is 0 Å². The third-order valence-corrected chi connectivity index (χ3v) is 1.46. The Morgan fingerprint density at radius 1 is 1.64 bits per heavy atom. The molecule has 0 spiro atoms. The summed E-state index contributed by atoms with van der Waals surface area (Å²) in [5, 5.41) is 10.1. The van der Waals surface area contributed by atoms with Gasteiger partial charge >= 0.3 is 5.82 Å². The molecule has 0 bridgehead atoms. The van der Waals surface area contributed by atoms with Gasteiger partial charge in [-0.2, -0.15) is 0 Å². The standard InChI is InChI=1S/C6H5ClN2O2/c7-3-5-1-2-6(8-4-5)9(10)11/h1-2,4H,3H2. The van der Waals surface area contributed by atoms with E-state index in [1.54, 1.807) is 6.07 Å². The number of aromatic nitrogens is 1. The number of alkyl halides is 1. The van der Waals surface area contributed by atoms with Gasteiger partial charge in [0.15, 0.2) is 0 Å². The molecule has 0 aliphatic carbocycles. The summed E-state index contributed by atoms with van der Waals surface area (Å²) in [6.07, 6.45) is 1.39. The van der Waals surface area contributed by atoms with E-state index in [1.807, 2.05) is 0 Å². The summed E-state index contributed by atoms with van der Waals surface area (Å²) in [5.41, 5.74) is 0.775. The van der Waals surface area contributed by atoms with Crippen molar-refractivity contribution in [1.82, 2.24) is 4.98 Å². The smallest absolute Gasteiger partial charge is 0.358 e. The number of nitro groups is 1. The van der Waals surface area contributed by atoms with Crippen LogP contribution in [-0.2, 0) is 5.88 Å². The minimum atomic E-state index is -0.544. The molecular formula is C6H5ClN2O2. The number of hydrogen-bond acceptors (Lipinski definition) is 3. The van der Waals surface area contributed by atoms with Crippen LogP contribution < -0.4 is 0 Å². The Balaban J connectivity index is 2.91. The van der Waals surface area contributed by atoms with Gasteiger partial charge in [-0.05, 0) is 16.0 Å². The average molecular weight is 173 g/mol. The molecule has 1 aromatic heterocycles. The summed E-state index contributed by atoms with van der Waals surface area (Å²) < 4.78 is 0. The lowest BCUT2D eigenvalue weighted by atomic mass is 10.3. The third kappa shape index (κ3) is 1.88. The van der Waals surface area contributed by atoms with E-state index in [1.165, 1.54) is 12.3 Å². The van der Waals surface area contributed by atoms with Gasteiger partial charge in [0.1, 0.15) is 6.20 Å². The van der Waals surface area contributed by atoms with Crippen molar-refractivity contribution in [2.75, 3.05) is 0 Å². The number of nitrogens with zero attached hydrogens (tertiary/aromatic N) is 2. The number of halogens is 1. The fourth-order valence-corrected chi connectivity index (χ4v) is 0.762. The summed E-state index contributed by atoms with van der Waals surface area (Å²) in [6.45, 7) is 0. The summed E-state index contributed by atoms with van der Waals surface area (Å²) in [7, 11) is 0. The highest BCUT2D eigenvalue weighted by atomic mass is 35.5. The van der Waals surface area contributed by atoms with E-state index in [9.17, 15) is 10.1 Å². The van der Waals surface area contributed by atoms with Gasteiger partial charge in [-0.25, -0.2) is 0 Å². The normalized spacial score (nSPS) is 9.55. The van der Waals surface area contributed by atoms with Crippen LogP contribution >= 0.6 is 11.6 Å². The Morgan fingerprint density at radius 2 is 2.36 bits per heavy atom. The Bertz CT molecular complexity index is 260. The average Bonchev–Trinajstić information content (AvgIpc) is 2.05. The first-order valence-electron chi connectivity index (χ1n) is 2.89. The molecule has 11 heavy (non-hydrogen) atoms. The molecule has 0 aliphatic rings. The summed E-state index contributed by atoms with van der Waals surface area (Å²) in [6, 6.07) is 2.91. The van der Waals surface area contributed by atoms with Crippen LogP contribution in [0.15, 0.2) is 18.3 Å². The molecule has 5 heteroatoms. The summed E-state index contributed by atoms with van der Waals surface area (Å²) >= 11 is 5.45. The van der Waals surface area contributed by atoms with E-state index in [2.05, 4.69) is 4.98 Å². The maximum Gasteiger partial charge on any atom is 0.363 e. The predicted molar refractivity (Wildman–Crippen MR) is 40.4 cm³/mol. The minimum absolute atomic E-state index is 0.154. The zero-order chi connectivity index (χ0) is 8.27. The van der Waals surface area contributed by atoms with Gasteiger partial charge in [-0.1, -0.05) is 0 Å². The number of pyridine rings is 1. The molecule has 0 unspecified atom stereocenters. The molecule has 0 fully saturated rings. The van der Waals surface area contributed by atoms with E-state index in [4.69, 9.17) is 11.6 Å². The van der Waals surface area contributed by atoms with Gasteiger partial charge < -0.3 is 10.1 Å². The number of rotatable bonds is 2. The largest absolute Gasteiger partial charge is 0.363 e. The predicted octanol–water partition coefficient (Wildman–Crippen LogP) is 1.73. The third-order valence-electron chi connectivity index (χ3n) is 1.15. The molecule has 0 aliphatic heterocycles. The Labute approximate surface area is 68.0 Å². The lowest BCUT2D eigenvalue weighted by molar-refractivity contribution is -0.389. The van der Waals surface area contributed by atoms with Crippen molar-refractivity contribution in [3.8, 4) is 0 Å². The molecule has 0 N–H and O–H groups in total. The van der Waals surface area contributed by atoms with E-state index in [0.29, 0.717) is 5.88 Å². The highest BCUT2D eigenvalue weighted by molar-refractivity contribution is 6.17. The molecule has 1 heterocycles. The zero-order valence-electron chi connectivity index (χ0n) is 5.53. The first-order chi connectivity index (χ1) is 5.24. The second kappa shape index (κ2) is 3.30. The number of hydrogen-bond donors (Lipinski definition) is 0. The van der Waals surface area contributed by atoms with Crippen LogP contribution in [0.25, 0.3) is 0 Å². The van der Waals surface area contributed by atoms with Gasteiger partial charge in [0, 0.05) is 11.6 Å². The Morgan fingerprint density at radius 3 is 2.73 bits per heavy atom. The van der Waals surface area contributed by atoms with Crippen LogP contribution in [0.5, 0.6) is 0 Å². The van der Waals surface area contributed by atoms with Gasteiger partial charge in [0.2, 0.25) is 0 Å². The molecular weight excluding hydrogens is 168 g/mol. The van der Waals surface area contributed by atoms with Gasteiger partial charge in [-0.15, -0.1) is 11.6 Å². The van der Waals surface area contributed by atoms with E-state index in [0.717, 1.165) is 5.56 Å². The lowest BCUT2D eigenvalue weighted by Crippen LogP contribution is -1.91. The molecule has 0 saturated carbocycles. The van der Waals surface area contributed by atoms with Crippen LogP contribution in [0.2, 0.25) is 0 Å². The van der Waals surface area contributed by atoms with Gasteiger partial charge in [-0.3, -0.25) is 0 Å². The lowest BCUT2D eigenvalue weighted by Gasteiger charge is -1.91. The fraction of sp³-hybridized carbons (Fsp3) is 0.167. The van der Waals surface area contributed by atoms with Gasteiger partial charge in [0.25, 0.3) is 0 Å². The summed E-state index contributed by atoms with van der Waals surface area (Å²) in [4.78, 5) is 13.1. The van der Waals surface area contributed by atoms with Crippen molar-refractivity contribution in [3.05, 3.63) is 34.0 Å². The van der Waals surface area contributed by atoms with Crippen molar-refractivity contribution in [2.45, 2.75) is 5.88 Å². The first-order valence-corrected chi connectivity index (χ1v) is 3.43. The van der Waals surface area contributed by atoms with E-state index < -0.39 is 4.92 Å². The SMILES string of the molecule is O=[N+]([O-])c1ccc(CCl)cn1. The molecule has 1 rings (SSSR count). The molecule has 58 valence electrons. The van der Waals surface area contributed by atoms with Crippen LogP contribution in [0.1, 0.15) is 5.56 Å². The highest BCUT2D eigenvalue weighted by Crippen LogP contribution is 2.08. The molecule has 0 amide bonds. The van der Waals surface area contributed by atoms with E-state index in [-0.39, 0.29) is 5.82 Å². The molecule has 1 aromatic rings. The van der Waals surface area contributed by atoms with Crippen molar-refractivity contribution >= 4 is 17.4 Å². The zero-order valence-corrected chi connectivity index (χ0v) is 6.28.